The van der Waals surface area contributed by atoms with Gasteiger partial charge in [0.05, 0.1) is 31.2 Å². The minimum atomic E-state index is 0.0478. The van der Waals surface area contributed by atoms with Crippen molar-refractivity contribution in [2.75, 3.05) is 32.2 Å². The highest BCUT2D eigenvalue weighted by Crippen LogP contribution is 2.39. The van der Waals surface area contributed by atoms with Crippen LogP contribution in [0.1, 0.15) is 52.5 Å². The summed E-state index contributed by atoms with van der Waals surface area (Å²) in [6.45, 7) is 3.90. The summed E-state index contributed by atoms with van der Waals surface area (Å²) in [6, 6.07) is 5.78. The predicted octanol–water partition coefficient (Wildman–Crippen LogP) is 3.32. The third-order valence-electron chi connectivity index (χ3n) is 5.57. The Hall–Kier alpha value is -2.63. The van der Waals surface area contributed by atoms with E-state index in [1.807, 2.05) is 25.1 Å². The van der Waals surface area contributed by atoms with Gasteiger partial charge in [0.2, 0.25) is 5.95 Å². The molecule has 1 atom stereocenters. The first kappa shape index (κ1) is 17.8. The minimum Gasteiger partial charge on any atom is -0.497 e. The number of Topliss-reactive ketones (excluding diaryl/α,β-unsaturated/α-hetero) is 1. The zero-order chi connectivity index (χ0) is 19.0. The molecule has 0 saturated carbocycles. The van der Waals surface area contributed by atoms with E-state index in [-0.39, 0.29) is 11.7 Å². The Bertz CT molecular complexity index is 875. The molecular formula is C21H25N3O3. The molecule has 0 N–H and O–H groups in total. The number of anilines is 1. The lowest BCUT2D eigenvalue weighted by molar-refractivity contribution is 0.0961. The molecule has 142 valence electrons. The van der Waals surface area contributed by atoms with E-state index in [9.17, 15) is 4.79 Å². The van der Waals surface area contributed by atoms with Gasteiger partial charge in [0.1, 0.15) is 11.5 Å². The number of carbonyl (C=O) groups excluding carboxylic acids is 1. The number of carbonyl (C=O) groups is 1. The summed E-state index contributed by atoms with van der Waals surface area (Å²) in [5, 5.41) is 0. The molecule has 0 bridgehead atoms. The van der Waals surface area contributed by atoms with E-state index >= 15 is 0 Å². The summed E-state index contributed by atoms with van der Waals surface area (Å²) in [5.74, 6) is 2.42. The SMILES string of the molecule is COc1ccc([C@H]2CC(=O)c3c(C)nc(N4CCCC4)nc3C2)c(OC)c1. The average Bonchev–Trinajstić information content (AvgIpc) is 3.21. The number of aryl methyl sites for hydroxylation is 1. The van der Waals surface area contributed by atoms with Crippen LogP contribution < -0.4 is 14.4 Å². The highest BCUT2D eigenvalue weighted by atomic mass is 16.5. The van der Waals surface area contributed by atoms with Crippen molar-refractivity contribution in [1.82, 2.24) is 9.97 Å². The van der Waals surface area contributed by atoms with Crippen molar-refractivity contribution in [3.8, 4) is 11.5 Å². The van der Waals surface area contributed by atoms with Crippen molar-refractivity contribution in [1.29, 1.82) is 0 Å². The molecule has 27 heavy (non-hydrogen) atoms. The lowest BCUT2D eigenvalue weighted by Gasteiger charge is -2.27. The maximum Gasteiger partial charge on any atom is 0.225 e. The largest absolute Gasteiger partial charge is 0.497 e. The third-order valence-corrected chi connectivity index (χ3v) is 5.57. The Morgan fingerprint density at radius 3 is 2.56 bits per heavy atom. The molecule has 1 aliphatic heterocycles. The van der Waals surface area contributed by atoms with Gasteiger partial charge in [0, 0.05) is 31.5 Å². The van der Waals surface area contributed by atoms with Crippen molar-refractivity contribution < 1.29 is 14.3 Å². The molecule has 1 saturated heterocycles. The average molecular weight is 367 g/mol. The van der Waals surface area contributed by atoms with Crippen LogP contribution in [0.15, 0.2) is 18.2 Å². The summed E-state index contributed by atoms with van der Waals surface area (Å²) in [4.78, 5) is 24.5. The van der Waals surface area contributed by atoms with Gasteiger partial charge in [-0.1, -0.05) is 6.07 Å². The predicted molar refractivity (Wildman–Crippen MR) is 103 cm³/mol. The van der Waals surface area contributed by atoms with Gasteiger partial charge in [0.25, 0.3) is 0 Å². The van der Waals surface area contributed by atoms with Gasteiger partial charge in [-0.2, -0.15) is 0 Å². The second-order valence-corrected chi connectivity index (χ2v) is 7.26. The number of aromatic nitrogens is 2. The van der Waals surface area contributed by atoms with E-state index in [1.165, 1.54) is 12.8 Å². The molecule has 0 amide bonds. The maximum atomic E-state index is 12.9. The van der Waals surface area contributed by atoms with Crippen LogP contribution >= 0.6 is 0 Å². The Kier molecular flexibility index (Phi) is 4.72. The minimum absolute atomic E-state index is 0.0478. The molecule has 2 heterocycles. The van der Waals surface area contributed by atoms with Crippen molar-refractivity contribution in [2.24, 2.45) is 0 Å². The van der Waals surface area contributed by atoms with Crippen molar-refractivity contribution in [2.45, 2.75) is 38.5 Å². The number of ether oxygens (including phenoxy) is 2. The molecule has 0 unspecified atom stereocenters. The summed E-state index contributed by atoms with van der Waals surface area (Å²) >= 11 is 0. The fourth-order valence-corrected chi connectivity index (χ4v) is 4.19. The number of hydrogen-bond donors (Lipinski definition) is 0. The number of rotatable bonds is 4. The van der Waals surface area contributed by atoms with Crippen molar-refractivity contribution in [3.05, 3.63) is 40.7 Å². The molecule has 1 fully saturated rings. The second kappa shape index (κ2) is 7.18. The van der Waals surface area contributed by atoms with Gasteiger partial charge in [-0.15, -0.1) is 0 Å². The summed E-state index contributed by atoms with van der Waals surface area (Å²) in [6.07, 6.45) is 3.51. The van der Waals surface area contributed by atoms with Gasteiger partial charge in [0.15, 0.2) is 5.78 Å². The topological polar surface area (TPSA) is 64.5 Å². The van der Waals surface area contributed by atoms with Gasteiger partial charge in [-0.3, -0.25) is 4.79 Å². The molecule has 6 heteroatoms. The quantitative estimate of drug-likeness (QED) is 0.826. The van der Waals surface area contributed by atoms with Crippen LogP contribution in [0.3, 0.4) is 0 Å². The van der Waals surface area contributed by atoms with E-state index in [0.717, 1.165) is 47.5 Å². The number of benzene rings is 1. The molecule has 2 aliphatic rings. The molecule has 6 nitrogen and oxygen atoms in total. The maximum absolute atomic E-state index is 12.9. The third kappa shape index (κ3) is 3.24. The van der Waals surface area contributed by atoms with E-state index in [1.54, 1.807) is 14.2 Å². The molecule has 0 radical (unpaired) electrons. The summed E-state index contributed by atoms with van der Waals surface area (Å²) in [5.41, 5.74) is 3.40. The monoisotopic (exact) mass is 367 g/mol. The van der Waals surface area contributed by atoms with Crippen LogP contribution in [-0.2, 0) is 6.42 Å². The first-order valence-corrected chi connectivity index (χ1v) is 9.48. The van der Waals surface area contributed by atoms with E-state index in [4.69, 9.17) is 14.5 Å². The second-order valence-electron chi connectivity index (χ2n) is 7.26. The number of ketones is 1. The molecule has 2 aromatic rings. The van der Waals surface area contributed by atoms with E-state index in [0.29, 0.717) is 18.4 Å². The Morgan fingerprint density at radius 1 is 1.07 bits per heavy atom. The Balaban J connectivity index is 1.71. The van der Waals surface area contributed by atoms with Crippen molar-refractivity contribution in [3.63, 3.8) is 0 Å². The van der Waals surface area contributed by atoms with Gasteiger partial charge in [-0.25, -0.2) is 9.97 Å². The zero-order valence-corrected chi connectivity index (χ0v) is 16.1. The number of methoxy groups -OCH3 is 2. The van der Waals surface area contributed by atoms with E-state index in [2.05, 4.69) is 9.88 Å². The molecule has 0 spiro atoms. The molecule has 1 aromatic heterocycles. The highest BCUT2D eigenvalue weighted by molar-refractivity contribution is 5.99. The fourth-order valence-electron chi connectivity index (χ4n) is 4.19. The molecule has 1 aromatic carbocycles. The Morgan fingerprint density at radius 2 is 1.85 bits per heavy atom. The highest BCUT2D eigenvalue weighted by Gasteiger charge is 2.32. The first-order chi connectivity index (χ1) is 13.1. The van der Waals surface area contributed by atoms with Crippen molar-refractivity contribution >= 4 is 11.7 Å². The van der Waals surface area contributed by atoms with Gasteiger partial charge < -0.3 is 14.4 Å². The standard InChI is InChI=1S/C21H25N3O3/c1-13-20-17(23-21(22-13)24-8-4-5-9-24)10-14(11-18(20)25)16-7-6-15(26-2)12-19(16)27-3/h6-7,12,14H,4-5,8-11H2,1-3H3/t14-/m1/s1. The summed E-state index contributed by atoms with van der Waals surface area (Å²) in [7, 11) is 3.28. The molecular weight excluding hydrogens is 342 g/mol. The number of nitrogens with zero attached hydrogens (tertiary/aromatic N) is 3. The first-order valence-electron chi connectivity index (χ1n) is 9.48. The number of fused-ring (bicyclic) bond motifs is 1. The molecule has 1 aliphatic carbocycles. The Labute approximate surface area is 159 Å². The lowest BCUT2D eigenvalue weighted by Crippen LogP contribution is -2.26. The zero-order valence-electron chi connectivity index (χ0n) is 16.1. The van der Waals surface area contributed by atoms with Crippen LogP contribution in [0.25, 0.3) is 0 Å². The van der Waals surface area contributed by atoms with Crippen LogP contribution in [-0.4, -0.2) is 43.1 Å². The smallest absolute Gasteiger partial charge is 0.225 e. The summed E-state index contributed by atoms with van der Waals surface area (Å²) < 4.78 is 10.9. The fraction of sp³-hybridized carbons (Fsp3) is 0.476. The van der Waals surface area contributed by atoms with Gasteiger partial charge >= 0.3 is 0 Å². The van der Waals surface area contributed by atoms with Gasteiger partial charge in [-0.05, 0) is 37.8 Å². The normalized spacial score (nSPS) is 19.1. The number of hydrogen-bond acceptors (Lipinski definition) is 6. The van der Waals surface area contributed by atoms with Crippen LogP contribution in [0, 0.1) is 6.92 Å². The van der Waals surface area contributed by atoms with Crippen LogP contribution in [0.2, 0.25) is 0 Å². The van der Waals surface area contributed by atoms with E-state index < -0.39 is 0 Å². The lowest BCUT2D eigenvalue weighted by atomic mass is 9.81. The molecule has 4 rings (SSSR count). The van der Waals surface area contributed by atoms with Crippen LogP contribution in [0.5, 0.6) is 11.5 Å². The van der Waals surface area contributed by atoms with Crippen LogP contribution in [0.4, 0.5) is 5.95 Å².